The van der Waals surface area contributed by atoms with E-state index in [4.69, 9.17) is 16.6 Å². The van der Waals surface area contributed by atoms with Gasteiger partial charge in [-0.25, -0.2) is 10.4 Å². The molecule has 4 aromatic carbocycles. The second-order valence-electron chi connectivity index (χ2n) is 9.42. The second kappa shape index (κ2) is 12.8. The number of para-hydroxylation sites is 1. The van der Waals surface area contributed by atoms with Crippen LogP contribution < -0.4 is 16.3 Å². The molecule has 0 bridgehead atoms. The Kier molecular flexibility index (Phi) is 8.80. The van der Waals surface area contributed by atoms with Gasteiger partial charge >= 0.3 is 0 Å². The van der Waals surface area contributed by atoms with Crippen LogP contribution in [0.5, 0.6) is 0 Å². The maximum Gasteiger partial charge on any atom is 0.272 e. The number of carbonyl (C=O) groups excluding carboxylic acids is 2. The van der Waals surface area contributed by atoms with Crippen molar-refractivity contribution in [3.8, 4) is 5.69 Å². The fraction of sp³-hybridized carbons (Fsp3) is 0.0938. The number of carbonyl (C=O) groups is 2. The van der Waals surface area contributed by atoms with Crippen molar-refractivity contribution in [1.29, 1.82) is 0 Å². The molecule has 0 aliphatic carbocycles. The first-order chi connectivity index (χ1) is 20.3. The summed E-state index contributed by atoms with van der Waals surface area (Å²) in [6.45, 7) is 3.74. The summed E-state index contributed by atoms with van der Waals surface area (Å²) in [7, 11) is 0. The van der Waals surface area contributed by atoms with Crippen molar-refractivity contribution in [2.24, 2.45) is 5.10 Å². The molecular formula is C32H26ClN5O3S. The highest BCUT2D eigenvalue weighted by Gasteiger charge is 2.15. The number of amides is 2. The number of hydrazone groups is 1. The molecule has 0 unspecified atom stereocenters. The number of anilines is 1. The van der Waals surface area contributed by atoms with Crippen LogP contribution in [0.15, 0.2) is 112 Å². The summed E-state index contributed by atoms with van der Waals surface area (Å²) in [5.41, 5.74) is 6.93. The summed E-state index contributed by atoms with van der Waals surface area (Å²) in [6, 6.07) is 28.6. The molecule has 0 saturated heterocycles. The van der Waals surface area contributed by atoms with Gasteiger partial charge in [-0.15, -0.1) is 0 Å². The van der Waals surface area contributed by atoms with Gasteiger partial charge in [-0.05, 0) is 67.9 Å². The fourth-order valence-electron chi connectivity index (χ4n) is 4.16. The first-order valence-electron chi connectivity index (χ1n) is 13.0. The largest absolute Gasteiger partial charge is 0.325 e. The third-order valence-electron chi connectivity index (χ3n) is 6.40. The minimum Gasteiger partial charge on any atom is -0.325 e. The van der Waals surface area contributed by atoms with Crippen LogP contribution in [0.4, 0.5) is 5.69 Å². The van der Waals surface area contributed by atoms with Gasteiger partial charge in [0, 0.05) is 5.69 Å². The van der Waals surface area contributed by atoms with E-state index in [9.17, 15) is 14.4 Å². The van der Waals surface area contributed by atoms with Gasteiger partial charge in [0.25, 0.3) is 11.5 Å². The average molecular weight is 596 g/mol. The number of aromatic nitrogens is 2. The first kappa shape index (κ1) is 28.8. The zero-order valence-corrected chi connectivity index (χ0v) is 24.4. The minimum atomic E-state index is -0.407. The molecule has 5 aromatic rings. The molecule has 2 amide bonds. The van der Waals surface area contributed by atoms with Gasteiger partial charge in [0.05, 0.1) is 38.6 Å². The highest BCUT2D eigenvalue weighted by atomic mass is 35.5. The Hall–Kier alpha value is -4.73. The highest BCUT2D eigenvalue weighted by molar-refractivity contribution is 7.99. The van der Waals surface area contributed by atoms with Crippen molar-refractivity contribution in [1.82, 2.24) is 15.0 Å². The van der Waals surface area contributed by atoms with Gasteiger partial charge in [0.15, 0.2) is 5.16 Å². The van der Waals surface area contributed by atoms with E-state index in [1.54, 1.807) is 78.2 Å². The van der Waals surface area contributed by atoms with Gasteiger partial charge in [-0.3, -0.25) is 19.0 Å². The van der Waals surface area contributed by atoms with Crippen LogP contribution in [0.2, 0.25) is 5.02 Å². The van der Waals surface area contributed by atoms with Crippen molar-refractivity contribution in [2.75, 3.05) is 11.1 Å². The van der Waals surface area contributed by atoms with E-state index in [0.717, 1.165) is 11.1 Å². The van der Waals surface area contributed by atoms with E-state index >= 15 is 0 Å². The highest BCUT2D eigenvalue weighted by Crippen LogP contribution is 2.22. The van der Waals surface area contributed by atoms with Crippen LogP contribution >= 0.6 is 23.4 Å². The topological polar surface area (TPSA) is 105 Å². The maximum atomic E-state index is 13.4. The maximum absolute atomic E-state index is 13.4. The fourth-order valence-corrected chi connectivity index (χ4v) is 5.19. The van der Waals surface area contributed by atoms with Crippen LogP contribution in [-0.2, 0) is 4.79 Å². The molecule has 5 rings (SSSR count). The predicted octanol–water partition coefficient (Wildman–Crippen LogP) is 6.23. The summed E-state index contributed by atoms with van der Waals surface area (Å²) in [4.78, 5) is 43.3. The Labute approximate surface area is 251 Å². The van der Waals surface area contributed by atoms with Crippen molar-refractivity contribution in [2.45, 2.75) is 19.0 Å². The van der Waals surface area contributed by atoms with E-state index in [2.05, 4.69) is 15.8 Å². The zero-order chi connectivity index (χ0) is 29.6. The van der Waals surface area contributed by atoms with Gasteiger partial charge in [0.1, 0.15) is 0 Å². The quantitative estimate of drug-likeness (QED) is 0.0957. The number of nitrogens with zero attached hydrogens (tertiary/aromatic N) is 3. The lowest BCUT2D eigenvalue weighted by Gasteiger charge is -2.13. The van der Waals surface area contributed by atoms with Gasteiger partial charge < -0.3 is 5.32 Å². The van der Waals surface area contributed by atoms with Crippen molar-refractivity contribution in [3.63, 3.8) is 0 Å². The van der Waals surface area contributed by atoms with E-state index in [1.165, 1.54) is 11.8 Å². The standard InChI is InChI=1S/C32H26ClN5O3S/c1-20-11-17-24(18-12-20)38-31(41)26-8-4-6-10-28(26)35-32(38)42-19-29(39)34-23-15-13-22(14-16-23)21(2)36-37-30(40)25-7-3-5-9-27(25)33/h3-18H,19H2,1-2H3,(H,34,39)(H,37,40)/b36-21+. The molecule has 0 spiro atoms. The normalized spacial score (nSPS) is 11.4. The number of nitrogens with one attached hydrogen (secondary N) is 2. The van der Waals surface area contributed by atoms with E-state index in [0.29, 0.717) is 43.7 Å². The molecule has 2 N–H and O–H groups in total. The molecule has 0 aliphatic rings. The van der Waals surface area contributed by atoms with Crippen molar-refractivity contribution >= 4 is 57.5 Å². The Morgan fingerprint density at radius 1 is 0.929 bits per heavy atom. The molecule has 0 saturated carbocycles. The van der Waals surface area contributed by atoms with Crippen molar-refractivity contribution in [3.05, 3.63) is 129 Å². The van der Waals surface area contributed by atoms with E-state index in [-0.39, 0.29) is 17.2 Å². The Morgan fingerprint density at radius 2 is 1.62 bits per heavy atom. The lowest BCUT2D eigenvalue weighted by Crippen LogP contribution is -2.23. The van der Waals surface area contributed by atoms with Crippen LogP contribution in [0.1, 0.15) is 28.4 Å². The monoisotopic (exact) mass is 595 g/mol. The van der Waals surface area contributed by atoms with Gasteiger partial charge in [0.2, 0.25) is 5.91 Å². The van der Waals surface area contributed by atoms with Crippen molar-refractivity contribution < 1.29 is 9.59 Å². The second-order valence-corrected chi connectivity index (χ2v) is 10.8. The lowest BCUT2D eigenvalue weighted by molar-refractivity contribution is -0.113. The smallest absolute Gasteiger partial charge is 0.272 e. The molecule has 1 aromatic heterocycles. The summed E-state index contributed by atoms with van der Waals surface area (Å²) >= 11 is 7.26. The summed E-state index contributed by atoms with van der Waals surface area (Å²) < 4.78 is 1.54. The molecule has 0 atom stereocenters. The van der Waals surface area contributed by atoms with Gasteiger partial charge in [-0.1, -0.05) is 77.5 Å². The minimum absolute atomic E-state index is 0.0486. The number of fused-ring (bicyclic) bond motifs is 1. The summed E-state index contributed by atoms with van der Waals surface area (Å²) in [6.07, 6.45) is 0. The number of hydrogen-bond acceptors (Lipinski definition) is 6. The number of rotatable bonds is 8. The van der Waals surface area contributed by atoms with Crippen LogP contribution in [0.3, 0.4) is 0 Å². The Bertz CT molecular complexity index is 1870. The third-order valence-corrected chi connectivity index (χ3v) is 7.67. The third kappa shape index (κ3) is 6.59. The van der Waals surface area contributed by atoms with Crippen LogP contribution in [0.25, 0.3) is 16.6 Å². The lowest BCUT2D eigenvalue weighted by atomic mass is 10.1. The SMILES string of the molecule is C/C(=N\NC(=O)c1ccccc1Cl)c1ccc(NC(=O)CSc2nc3ccccc3c(=O)n2-c2ccc(C)cc2)cc1. The van der Waals surface area contributed by atoms with Crippen LogP contribution in [-0.4, -0.2) is 32.8 Å². The number of thioether (sulfide) groups is 1. The average Bonchev–Trinajstić information content (AvgIpc) is 3.00. The Balaban J connectivity index is 1.26. The molecule has 0 aliphatic heterocycles. The predicted molar refractivity (Wildman–Crippen MR) is 169 cm³/mol. The molecule has 42 heavy (non-hydrogen) atoms. The summed E-state index contributed by atoms with van der Waals surface area (Å²) in [5.74, 6) is -0.606. The number of aryl methyl sites for hydroxylation is 1. The molecule has 0 fully saturated rings. The van der Waals surface area contributed by atoms with Crippen LogP contribution in [0, 0.1) is 6.92 Å². The molecule has 0 radical (unpaired) electrons. The van der Waals surface area contributed by atoms with E-state index < -0.39 is 5.91 Å². The number of benzene rings is 4. The molecule has 10 heteroatoms. The number of halogens is 1. The molecule has 1 heterocycles. The molecule has 8 nitrogen and oxygen atoms in total. The molecular weight excluding hydrogens is 570 g/mol. The van der Waals surface area contributed by atoms with Gasteiger partial charge in [-0.2, -0.15) is 5.10 Å². The number of hydrogen-bond donors (Lipinski definition) is 2. The zero-order valence-electron chi connectivity index (χ0n) is 22.8. The van der Waals surface area contributed by atoms with E-state index in [1.807, 2.05) is 37.3 Å². The molecule has 210 valence electrons. The summed E-state index contributed by atoms with van der Waals surface area (Å²) in [5, 5.41) is 8.32. The Morgan fingerprint density at radius 3 is 2.36 bits per heavy atom. The first-order valence-corrected chi connectivity index (χ1v) is 14.4.